The Morgan fingerprint density at radius 2 is 1.73 bits per heavy atom. The molecule has 0 saturated carbocycles. The van der Waals surface area contributed by atoms with Gasteiger partial charge < -0.3 is 10.6 Å². The second kappa shape index (κ2) is 13.3. The van der Waals surface area contributed by atoms with Crippen LogP contribution in [0.3, 0.4) is 0 Å². The highest BCUT2D eigenvalue weighted by Gasteiger charge is 2.17. The lowest BCUT2D eigenvalue weighted by molar-refractivity contribution is 0.467. The Morgan fingerprint density at radius 3 is 2.50 bits per heavy atom. The first kappa shape index (κ1) is 27.5. The molecule has 0 fully saturated rings. The van der Waals surface area contributed by atoms with Crippen LogP contribution in [0.1, 0.15) is 24.0 Å². The van der Waals surface area contributed by atoms with E-state index < -0.39 is 0 Å². The van der Waals surface area contributed by atoms with E-state index in [2.05, 4.69) is 89.9 Å². The first-order valence-corrected chi connectivity index (χ1v) is 14.3. The fraction of sp³-hybridized carbons (Fsp3) is 0.212. The zero-order valence-corrected chi connectivity index (χ0v) is 23.5. The number of halogens is 1. The van der Waals surface area contributed by atoms with E-state index in [4.69, 9.17) is 4.98 Å². The molecule has 5 rings (SSSR count). The molecule has 40 heavy (non-hydrogen) atoms. The SMILES string of the molecule is C=CNCCC(CCc1ccccc1-c1ccccc1)CNc1cc(-c2ccccc2C)nc2c(SF)cnn12. The minimum atomic E-state index is 0.174. The minimum absolute atomic E-state index is 0.174. The molecule has 2 aromatic heterocycles. The molecule has 0 aliphatic carbocycles. The third-order valence-electron chi connectivity index (χ3n) is 7.28. The fourth-order valence-corrected chi connectivity index (χ4v) is 5.39. The average molecular weight is 552 g/mol. The maximum Gasteiger partial charge on any atom is 0.174 e. The van der Waals surface area contributed by atoms with E-state index in [1.807, 2.05) is 24.3 Å². The van der Waals surface area contributed by atoms with Crippen molar-refractivity contribution in [2.24, 2.45) is 5.92 Å². The van der Waals surface area contributed by atoms with Crippen molar-refractivity contribution in [3.05, 3.63) is 115 Å². The Labute approximate surface area is 239 Å². The van der Waals surface area contributed by atoms with Gasteiger partial charge in [0.1, 0.15) is 10.7 Å². The molecule has 0 saturated heterocycles. The minimum Gasteiger partial charge on any atom is -0.391 e. The number of hydrogen-bond donors (Lipinski definition) is 2. The Balaban J connectivity index is 1.39. The summed E-state index contributed by atoms with van der Waals surface area (Å²) in [6.07, 6.45) is 6.24. The molecule has 1 unspecified atom stereocenters. The summed E-state index contributed by atoms with van der Waals surface area (Å²) in [7, 11) is 0. The summed E-state index contributed by atoms with van der Waals surface area (Å²) < 4.78 is 15.4. The molecule has 0 amide bonds. The van der Waals surface area contributed by atoms with Crippen LogP contribution in [0, 0.1) is 12.8 Å². The van der Waals surface area contributed by atoms with Crippen molar-refractivity contribution in [3.8, 4) is 22.4 Å². The van der Waals surface area contributed by atoms with E-state index >= 15 is 0 Å². The van der Waals surface area contributed by atoms with Crippen molar-refractivity contribution in [1.82, 2.24) is 19.9 Å². The first-order chi connectivity index (χ1) is 19.7. The van der Waals surface area contributed by atoms with Crippen LogP contribution in [0.2, 0.25) is 0 Å². The van der Waals surface area contributed by atoms with Gasteiger partial charge in [-0.3, -0.25) is 0 Å². The van der Waals surface area contributed by atoms with Gasteiger partial charge >= 0.3 is 0 Å². The average Bonchev–Trinajstić information content (AvgIpc) is 3.42. The number of fused-ring (bicyclic) bond motifs is 1. The predicted molar refractivity (Wildman–Crippen MR) is 165 cm³/mol. The number of aryl methyl sites for hydroxylation is 2. The monoisotopic (exact) mass is 551 g/mol. The number of aromatic nitrogens is 3. The van der Waals surface area contributed by atoms with Gasteiger partial charge in [-0.25, -0.2) is 4.98 Å². The smallest absolute Gasteiger partial charge is 0.174 e. The molecule has 0 radical (unpaired) electrons. The summed E-state index contributed by atoms with van der Waals surface area (Å²) >= 11 is 0.174. The Bertz CT molecular complexity index is 1570. The van der Waals surface area contributed by atoms with Gasteiger partial charge in [-0.15, -0.1) is 0 Å². The lowest BCUT2D eigenvalue weighted by Gasteiger charge is -2.20. The molecule has 0 spiro atoms. The first-order valence-electron chi connectivity index (χ1n) is 13.6. The van der Waals surface area contributed by atoms with Gasteiger partial charge in [-0.2, -0.15) is 13.5 Å². The number of hydrogen-bond acceptors (Lipinski definition) is 5. The number of nitrogens with zero attached hydrogens (tertiary/aromatic N) is 3. The molecule has 0 bridgehead atoms. The number of nitrogens with one attached hydrogen (secondary N) is 2. The van der Waals surface area contributed by atoms with Crippen molar-refractivity contribution in [1.29, 1.82) is 0 Å². The molecule has 1 atom stereocenters. The van der Waals surface area contributed by atoms with Gasteiger partial charge in [0.15, 0.2) is 5.65 Å². The van der Waals surface area contributed by atoms with Crippen molar-refractivity contribution in [2.45, 2.75) is 31.1 Å². The van der Waals surface area contributed by atoms with Crippen LogP contribution in [0.25, 0.3) is 28.0 Å². The van der Waals surface area contributed by atoms with E-state index in [1.54, 1.807) is 10.7 Å². The van der Waals surface area contributed by atoms with Gasteiger partial charge in [0.05, 0.1) is 24.0 Å². The summed E-state index contributed by atoms with van der Waals surface area (Å²) in [4.78, 5) is 5.18. The Kier molecular flexibility index (Phi) is 9.14. The maximum absolute atomic E-state index is 13.7. The summed E-state index contributed by atoms with van der Waals surface area (Å²) in [5.74, 6) is 1.18. The van der Waals surface area contributed by atoms with E-state index in [-0.39, 0.29) is 12.1 Å². The second-order valence-electron chi connectivity index (χ2n) is 9.92. The molecule has 0 aliphatic heterocycles. The molecule has 5 nitrogen and oxygen atoms in total. The second-order valence-corrected chi connectivity index (χ2v) is 10.5. The van der Waals surface area contributed by atoms with Crippen LogP contribution in [-0.2, 0) is 6.42 Å². The third-order valence-corrected chi connectivity index (χ3v) is 7.74. The van der Waals surface area contributed by atoms with Crippen molar-refractivity contribution >= 4 is 23.6 Å². The lowest BCUT2D eigenvalue weighted by Crippen LogP contribution is -2.21. The molecular weight excluding hydrogens is 517 g/mol. The number of benzene rings is 3. The van der Waals surface area contributed by atoms with Gasteiger partial charge in [-0.05, 0) is 60.6 Å². The summed E-state index contributed by atoms with van der Waals surface area (Å²) in [5, 5.41) is 11.3. The van der Waals surface area contributed by atoms with Crippen molar-refractivity contribution < 1.29 is 3.89 Å². The zero-order valence-electron chi connectivity index (χ0n) is 22.7. The Morgan fingerprint density at radius 1 is 0.975 bits per heavy atom. The normalized spacial score (nSPS) is 11.8. The fourth-order valence-electron chi connectivity index (χ4n) is 5.11. The Hall–Kier alpha value is -4.10. The highest BCUT2D eigenvalue weighted by molar-refractivity contribution is 7.94. The number of rotatable bonds is 13. The van der Waals surface area contributed by atoms with Gasteiger partial charge in [0.25, 0.3) is 0 Å². The molecule has 3 aromatic carbocycles. The van der Waals surface area contributed by atoms with Crippen LogP contribution in [0.5, 0.6) is 0 Å². The molecular formula is C33H34FN5S. The van der Waals surface area contributed by atoms with Gasteiger partial charge in [0, 0.05) is 24.7 Å². The highest BCUT2D eigenvalue weighted by atomic mass is 32.2. The molecule has 2 heterocycles. The predicted octanol–water partition coefficient (Wildman–Crippen LogP) is 8.13. The van der Waals surface area contributed by atoms with Crippen LogP contribution < -0.4 is 10.6 Å². The molecule has 204 valence electrons. The molecule has 2 N–H and O–H groups in total. The summed E-state index contributed by atoms with van der Waals surface area (Å²) in [6, 6.07) is 29.3. The van der Waals surface area contributed by atoms with Crippen LogP contribution in [0.4, 0.5) is 9.70 Å². The largest absolute Gasteiger partial charge is 0.391 e. The topological polar surface area (TPSA) is 54.2 Å². The summed E-state index contributed by atoms with van der Waals surface area (Å²) in [5.41, 5.74) is 7.32. The third kappa shape index (κ3) is 6.37. The van der Waals surface area contributed by atoms with Crippen LogP contribution in [0.15, 0.2) is 109 Å². The summed E-state index contributed by atoms with van der Waals surface area (Å²) in [6.45, 7) is 7.46. The van der Waals surface area contributed by atoms with Crippen molar-refractivity contribution in [2.75, 3.05) is 18.4 Å². The van der Waals surface area contributed by atoms with E-state index in [1.165, 1.54) is 22.9 Å². The highest BCUT2D eigenvalue weighted by Crippen LogP contribution is 2.31. The maximum atomic E-state index is 13.7. The van der Waals surface area contributed by atoms with Crippen LogP contribution in [-0.4, -0.2) is 27.7 Å². The van der Waals surface area contributed by atoms with Crippen molar-refractivity contribution in [3.63, 3.8) is 0 Å². The van der Waals surface area contributed by atoms with E-state index in [0.29, 0.717) is 16.5 Å². The van der Waals surface area contributed by atoms with E-state index in [0.717, 1.165) is 55.0 Å². The van der Waals surface area contributed by atoms with E-state index in [9.17, 15) is 3.89 Å². The molecule has 0 aliphatic rings. The van der Waals surface area contributed by atoms with Crippen LogP contribution >= 0.6 is 12.1 Å². The number of anilines is 1. The lowest BCUT2D eigenvalue weighted by atomic mass is 9.92. The standard InChI is InChI=1S/C33H34FN5S/c1-3-35-20-19-25(17-18-27-14-8-10-16-29(27)26-12-5-4-6-13-26)22-36-32-21-30(28-15-9-7-11-24(28)2)38-33-31(40-34)23-37-39(32)33/h3-16,21,23,25,35-36H,1,17-20,22H2,2H3. The molecule has 7 heteroatoms. The quantitative estimate of drug-likeness (QED) is 0.145. The zero-order chi connectivity index (χ0) is 27.7. The van der Waals surface area contributed by atoms with Gasteiger partial charge in [-0.1, -0.05) is 85.4 Å². The molecule has 5 aromatic rings. The van der Waals surface area contributed by atoms with Gasteiger partial charge in [0.2, 0.25) is 0 Å².